The van der Waals surface area contributed by atoms with Crippen LogP contribution >= 0.6 is 23.2 Å². The molecule has 0 aliphatic carbocycles. The molecule has 0 saturated carbocycles. The van der Waals surface area contributed by atoms with Crippen molar-refractivity contribution < 1.29 is 5.11 Å². The number of hydrogen-bond acceptors (Lipinski definition) is 3. The number of aromatic amines is 1. The zero-order chi connectivity index (χ0) is 17.1. The fourth-order valence-corrected chi connectivity index (χ4v) is 2.81. The molecule has 0 bridgehead atoms. The fraction of sp³-hybridized carbons (Fsp3) is 0. The molecule has 0 spiro atoms. The van der Waals surface area contributed by atoms with E-state index in [1.807, 2.05) is 24.3 Å². The van der Waals surface area contributed by atoms with Crippen LogP contribution in [0.5, 0.6) is 5.75 Å². The number of para-hydroxylation sites is 2. The van der Waals surface area contributed by atoms with Crippen molar-refractivity contribution in [1.82, 2.24) is 9.97 Å². The van der Waals surface area contributed by atoms with E-state index in [2.05, 4.69) is 9.97 Å². The minimum Gasteiger partial charge on any atom is -0.507 e. The van der Waals surface area contributed by atoms with Gasteiger partial charge in [-0.2, -0.15) is 0 Å². The Labute approximate surface area is 147 Å². The molecule has 2 heterocycles. The minimum absolute atomic E-state index is 0.0225. The fourth-order valence-electron chi connectivity index (χ4n) is 2.29. The second-order valence-corrected chi connectivity index (χ2v) is 5.80. The van der Waals surface area contributed by atoms with Gasteiger partial charge in [0.15, 0.2) is 0 Å². The Balaban J connectivity index is 0.000000141. The van der Waals surface area contributed by atoms with E-state index in [9.17, 15) is 9.90 Å². The maximum absolute atomic E-state index is 10.9. The molecule has 0 fully saturated rings. The zero-order valence-corrected chi connectivity index (χ0v) is 13.8. The number of pyridine rings is 2. The van der Waals surface area contributed by atoms with Gasteiger partial charge in [0, 0.05) is 16.8 Å². The van der Waals surface area contributed by atoms with Crippen molar-refractivity contribution in [3.63, 3.8) is 0 Å². The van der Waals surface area contributed by atoms with Gasteiger partial charge in [-0.05, 0) is 24.3 Å². The summed E-state index contributed by atoms with van der Waals surface area (Å²) < 4.78 is 0. The molecule has 0 unspecified atom stereocenters. The Morgan fingerprint density at radius 1 is 0.917 bits per heavy atom. The molecule has 0 atom stereocenters. The third-order valence-electron chi connectivity index (χ3n) is 3.36. The molecule has 2 N–H and O–H groups in total. The lowest BCUT2D eigenvalue weighted by atomic mass is 10.2. The molecule has 0 amide bonds. The summed E-state index contributed by atoms with van der Waals surface area (Å²) in [7, 11) is 0. The molecular formula is C18H12Cl2N2O2. The van der Waals surface area contributed by atoms with Crippen LogP contribution in [-0.2, 0) is 0 Å². The van der Waals surface area contributed by atoms with E-state index in [1.165, 1.54) is 6.07 Å². The monoisotopic (exact) mass is 358 g/mol. The minimum atomic E-state index is -0.286. The summed E-state index contributed by atoms with van der Waals surface area (Å²) in [5, 5.41) is 12.0. The average molecular weight is 359 g/mol. The maximum atomic E-state index is 10.9. The molecule has 0 saturated heterocycles. The second kappa shape index (κ2) is 6.91. The summed E-state index contributed by atoms with van der Waals surface area (Å²) in [4.78, 5) is 17.6. The number of H-pyrrole nitrogens is 1. The number of benzene rings is 2. The Bertz CT molecular complexity index is 1080. The first-order valence-electron chi connectivity index (χ1n) is 7.06. The predicted molar refractivity (Wildman–Crippen MR) is 98.0 cm³/mol. The summed E-state index contributed by atoms with van der Waals surface area (Å²) in [5.41, 5.74) is 1.20. The van der Waals surface area contributed by atoms with Crippen molar-refractivity contribution in [2.75, 3.05) is 0 Å². The molecule has 120 valence electrons. The molecule has 0 aliphatic rings. The van der Waals surface area contributed by atoms with E-state index in [1.54, 1.807) is 30.3 Å². The lowest BCUT2D eigenvalue weighted by Gasteiger charge is -1.98. The summed E-state index contributed by atoms with van der Waals surface area (Å²) >= 11 is 11.7. The Hall–Kier alpha value is -2.56. The molecule has 6 heteroatoms. The van der Waals surface area contributed by atoms with Crippen LogP contribution in [0.3, 0.4) is 0 Å². The highest BCUT2D eigenvalue weighted by atomic mass is 35.5. The Morgan fingerprint density at radius 3 is 2.38 bits per heavy atom. The predicted octanol–water partition coefficient (Wildman–Crippen LogP) is 4.78. The number of fused-ring (bicyclic) bond motifs is 2. The van der Waals surface area contributed by atoms with Gasteiger partial charge >= 0.3 is 0 Å². The molecular weight excluding hydrogens is 347 g/mol. The number of hydrogen-bond donors (Lipinski definition) is 2. The second-order valence-electron chi connectivity index (χ2n) is 5.01. The summed E-state index contributed by atoms with van der Waals surface area (Å²) in [5.74, 6) is 0.0225. The van der Waals surface area contributed by atoms with Crippen LogP contribution in [0.2, 0.25) is 10.2 Å². The zero-order valence-electron chi connectivity index (χ0n) is 12.3. The molecule has 2 aromatic heterocycles. The van der Waals surface area contributed by atoms with Gasteiger partial charge in [-0.15, -0.1) is 0 Å². The number of halogens is 2. The smallest absolute Gasteiger partial charge is 0.252 e. The number of aromatic nitrogens is 2. The van der Waals surface area contributed by atoms with E-state index >= 15 is 0 Å². The highest BCUT2D eigenvalue weighted by molar-refractivity contribution is 6.37. The largest absolute Gasteiger partial charge is 0.507 e. The van der Waals surface area contributed by atoms with Gasteiger partial charge < -0.3 is 10.1 Å². The van der Waals surface area contributed by atoms with Crippen molar-refractivity contribution in [3.8, 4) is 5.75 Å². The number of nitrogens with one attached hydrogen (secondary N) is 1. The molecule has 24 heavy (non-hydrogen) atoms. The highest BCUT2D eigenvalue weighted by Crippen LogP contribution is 2.24. The first kappa shape index (κ1) is 16.3. The standard InChI is InChI=1S/C9H5Cl2N.C9H7NO2/c10-7-5-9(11)12-8-4-2-1-3-6(7)8;11-8-5-9(12)10-7-4-2-1-3-6(7)8/h1-5H;1-5H,(H2,10,11,12). The van der Waals surface area contributed by atoms with E-state index in [-0.39, 0.29) is 11.3 Å². The third-order valence-corrected chi connectivity index (χ3v) is 3.87. The normalized spacial score (nSPS) is 10.4. The Morgan fingerprint density at radius 2 is 1.58 bits per heavy atom. The van der Waals surface area contributed by atoms with Gasteiger partial charge in [-0.3, -0.25) is 4.79 Å². The van der Waals surface area contributed by atoms with Crippen LogP contribution in [0.4, 0.5) is 0 Å². The quantitative estimate of drug-likeness (QED) is 0.444. The van der Waals surface area contributed by atoms with Gasteiger partial charge in [0.1, 0.15) is 10.9 Å². The first-order chi connectivity index (χ1) is 11.5. The van der Waals surface area contributed by atoms with Gasteiger partial charge in [-0.25, -0.2) is 4.98 Å². The number of nitrogens with zero attached hydrogens (tertiary/aromatic N) is 1. The lowest BCUT2D eigenvalue weighted by molar-refractivity contribution is 0.480. The van der Waals surface area contributed by atoms with Crippen LogP contribution in [0.25, 0.3) is 21.8 Å². The topological polar surface area (TPSA) is 66.0 Å². The summed E-state index contributed by atoms with van der Waals surface area (Å²) in [6.07, 6.45) is 0. The number of aromatic hydroxyl groups is 1. The van der Waals surface area contributed by atoms with Gasteiger partial charge in [-0.1, -0.05) is 53.5 Å². The van der Waals surface area contributed by atoms with E-state index in [0.717, 1.165) is 10.9 Å². The SMILES string of the molecule is Clc1cc(Cl)c2ccccc2n1.O=c1cc(O)c2ccccc2[nH]1. The summed E-state index contributed by atoms with van der Waals surface area (Å²) in [6, 6.07) is 17.5. The van der Waals surface area contributed by atoms with E-state index in [4.69, 9.17) is 23.2 Å². The highest BCUT2D eigenvalue weighted by Gasteiger charge is 2.00. The lowest BCUT2D eigenvalue weighted by Crippen LogP contribution is -2.02. The van der Waals surface area contributed by atoms with Crippen LogP contribution < -0.4 is 5.56 Å². The van der Waals surface area contributed by atoms with Crippen molar-refractivity contribution in [2.24, 2.45) is 0 Å². The van der Waals surface area contributed by atoms with Gasteiger partial charge in [0.05, 0.1) is 16.1 Å². The summed E-state index contributed by atoms with van der Waals surface area (Å²) in [6.45, 7) is 0. The molecule has 2 aromatic carbocycles. The van der Waals surface area contributed by atoms with Crippen LogP contribution in [-0.4, -0.2) is 15.1 Å². The third kappa shape index (κ3) is 3.50. The molecule has 4 nitrogen and oxygen atoms in total. The molecule has 0 aliphatic heterocycles. The molecule has 0 radical (unpaired) electrons. The molecule has 4 aromatic rings. The first-order valence-corrected chi connectivity index (χ1v) is 7.82. The van der Waals surface area contributed by atoms with Crippen molar-refractivity contribution in [1.29, 1.82) is 0 Å². The van der Waals surface area contributed by atoms with Crippen LogP contribution in [0, 0.1) is 0 Å². The van der Waals surface area contributed by atoms with Crippen LogP contribution in [0.15, 0.2) is 65.5 Å². The Kier molecular flexibility index (Phi) is 4.69. The number of rotatable bonds is 0. The van der Waals surface area contributed by atoms with Crippen molar-refractivity contribution in [2.45, 2.75) is 0 Å². The van der Waals surface area contributed by atoms with Crippen molar-refractivity contribution in [3.05, 3.63) is 81.2 Å². The van der Waals surface area contributed by atoms with Crippen molar-refractivity contribution >= 4 is 45.0 Å². The molecule has 4 rings (SSSR count). The average Bonchev–Trinajstić information content (AvgIpc) is 2.55. The van der Waals surface area contributed by atoms with Crippen LogP contribution in [0.1, 0.15) is 0 Å². The van der Waals surface area contributed by atoms with Gasteiger partial charge in [0.2, 0.25) is 0 Å². The maximum Gasteiger partial charge on any atom is 0.252 e. The van der Waals surface area contributed by atoms with E-state index in [0.29, 0.717) is 21.1 Å². The van der Waals surface area contributed by atoms with Gasteiger partial charge in [0.25, 0.3) is 5.56 Å². The van der Waals surface area contributed by atoms with E-state index < -0.39 is 0 Å².